The van der Waals surface area contributed by atoms with E-state index in [1.165, 1.54) is 6.08 Å². The zero-order valence-electron chi connectivity index (χ0n) is 19.9. The maximum atomic E-state index is 12.5. The fraction of sp³-hybridized carbons (Fsp3) is 0.179. The molecule has 0 saturated heterocycles. The van der Waals surface area contributed by atoms with E-state index >= 15 is 0 Å². The second kappa shape index (κ2) is 12.1. The third-order valence-electron chi connectivity index (χ3n) is 5.00. The van der Waals surface area contributed by atoms with E-state index in [1.54, 1.807) is 42.5 Å². The van der Waals surface area contributed by atoms with Gasteiger partial charge in [-0.3, -0.25) is 9.59 Å². The summed E-state index contributed by atoms with van der Waals surface area (Å²) < 4.78 is 11.4. The van der Waals surface area contributed by atoms with Crippen LogP contribution in [0.5, 0.6) is 11.5 Å². The van der Waals surface area contributed by atoms with Crippen molar-refractivity contribution in [2.24, 2.45) is 0 Å². The molecule has 0 bridgehead atoms. The molecule has 0 aromatic heterocycles. The van der Waals surface area contributed by atoms with Gasteiger partial charge in [0.25, 0.3) is 11.8 Å². The van der Waals surface area contributed by atoms with Gasteiger partial charge in [-0.05, 0) is 73.9 Å². The number of rotatable bonds is 9. The molecular formula is C28H27N3O4. The average molecular weight is 470 g/mol. The first-order valence-electron chi connectivity index (χ1n) is 11.1. The fourth-order valence-electron chi connectivity index (χ4n) is 3.24. The number of para-hydroxylation sites is 1. The normalized spacial score (nSPS) is 10.7. The van der Waals surface area contributed by atoms with Crippen molar-refractivity contribution < 1.29 is 19.1 Å². The molecule has 0 fully saturated rings. The van der Waals surface area contributed by atoms with Crippen LogP contribution in [0.3, 0.4) is 0 Å². The topological polar surface area (TPSA) is 100 Å². The van der Waals surface area contributed by atoms with Crippen LogP contribution in [0.15, 0.2) is 72.3 Å². The Balaban J connectivity index is 1.71. The molecule has 3 rings (SSSR count). The summed E-state index contributed by atoms with van der Waals surface area (Å²) in [5.74, 6) is -0.0246. The molecule has 0 spiro atoms. The molecule has 7 heteroatoms. The molecule has 178 valence electrons. The van der Waals surface area contributed by atoms with Gasteiger partial charge in [-0.2, -0.15) is 5.26 Å². The van der Waals surface area contributed by atoms with Gasteiger partial charge in [0.05, 0.1) is 6.61 Å². The lowest BCUT2D eigenvalue weighted by molar-refractivity contribution is -0.118. The van der Waals surface area contributed by atoms with Crippen LogP contribution in [-0.2, 0) is 9.59 Å². The number of amides is 2. The number of hydrogen-bond donors (Lipinski definition) is 2. The number of hydrogen-bond acceptors (Lipinski definition) is 5. The fourth-order valence-corrected chi connectivity index (χ4v) is 3.24. The summed E-state index contributed by atoms with van der Waals surface area (Å²) in [4.78, 5) is 24.9. The van der Waals surface area contributed by atoms with Crippen LogP contribution >= 0.6 is 0 Å². The van der Waals surface area contributed by atoms with E-state index in [-0.39, 0.29) is 18.1 Å². The first-order chi connectivity index (χ1) is 16.9. The molecule has 0 aliphatic rings. The van der Waals surface area contributed by atoms with Gasteiger partial charge in [-0.1, -0.05) is 36.4 Å². The predicted octanol–water partition coefficient (Wildman–Crippen LogP) is 5.27. The molecule has 7 nitrogen and oxygen atoms in total. The molecule has 2 amide bonds. The molecule has 3 aromatic rings. The summed E-state index contributed by atoms with van der Waals surface area (Å²) in [6.07, 6.45) is 1.47. The molecule has 0 atom stereocenters. The van der Waals surface area contributed by atoms with Crippen LogP contribution in [0.1, 0.15) is 23.6 Å². The van der Waals surface area contributed by atoms with Crippen molar-refractivity contribution in [3.05, 3.63) is 89.0 Å². The van der Waals surface area contributed by atoms with Gasteiger partial charge in [0, 0.05) is 11.4 Å². The number of anilines is 2. The van der Waals surface area contributed by atoms with Crippen molar-refractivity contribution in [1.29, 1.82) is 5.26 Å². The number of carbonyl (C=O) groups excluding carboxylic acids is 2. The zero-order chi connectivity index (χ0) is 25.2. The largest absolute Gasteiger partial charge is 0.490 e. The van der Waals surface area contributed by atoms with Crippen molar-refractivity contribution in [2.45, 2.75) is 20.8 Å². The third-order valence-corrected chi connectivity index (χ3v) is 5.00. The van der Waals surface area contributed by atoms with Crippen LogP contribution in [0.2, 0.25) is 0 Å². The summed E-state index contributed by atoms with van der Waals surface area (Å²) >= 11 is 0. The highest BCUT2D eigenvalue weighted by Gasteiger charge is 2.13. The second-order valence-electron chi connectivity index (χ2n) is 7.78. The highest BCUT2D eigenvalue weighted by molar-refractivity contribution is 6.09. The SMILES string of the molecule is CCOc1cc(/C=C(\C#N)C(=O)Nc2ccccc2)ccc1OCC(=O)Nc1cc(C)ccc1C. The minimum absolute atomic E-state index is 0.0575. The van der Waals surface area contributed by atoms with Crippen LogP contribution < -0.4 is 20.1 Å². The predicted molar refractivity (Wildman–Crippen MR) is 136 cm³/mol. The quantitative estimate of drug-likeness (QED) is 0.329. The number of nitriles is 1. The lowest BCUT2D eigenvalue weighted by Crippen LogP contribution is -2.21. The monoisotopic (exact) mass is 469 g/mol. The van der Waals surface area contributed by atoms with Crippen LogP contribution in [0.25, 0.3) is 6.08 Å². The molecule has 2 N–H and O–H groups in total. The Morgan fingerprint density at radius 2 is 1.71 bits per heavy atom. The van der Waals surface area contributed by atoms with Gasteiger partial charge in [-0.25, -0.2) is 0 Å². The van der Waals surface area contributed by atoms with Crippen LogP contribution in [-0.4, -0.2) is 25.0 Å². The Hall–Kier alpha value is -4.57. The molecule has 0 unspecified atom stereocenters. The maximum absolute atomic E-state index is 12.5. The number of benzene rings is 3. The molecule has 0 heterocycles. The van der Waals surface area contributed by atoms with Gasteiger partial charge in [0.15, 0.2) is 18.1 Å². The van der Waals surface area contributed by atoms with Crippen molar-refractivity contribution in [2.75, 3.05) is 23.8 Å². The van der Waals surface area contributed by atoms with E-state index in [2.05, 4.69) is 10.6 Å². The smallest absolute Gasteiger partial charge is 0.266 e. The minimum atomic E-state index is -0.514. The molecule has 3 aromatic carbocycles. The lowest BCUT2D eigenvalue weighted by atomic mass is 10.1. The zero-order valence-corrected chi connectivity index (χ0v) is 19.9. The third kappa shape index (κ3) is 7.21. The van der Waals surface area contributed by atoms with E-state index < -0.39 is 5.91 Å². The van der Waals surface area contributed by atoms with E-state index in [4.69, 9.17) is 9.47 Å². The Morgan fingerprint density at radius 3 is 2.43 bits per heavy atom. The summed E-state index contributed by atoms with van der Waals surface area (Å²) in [6.45, 7) is 5.88. The number of nitrogens with one attached hydrogen (secondary N) is 2. The van der Waals surface area contributed by atoms with Crippen LogP contribution in [0.4, 0.5) is 11.4 Å². The van der Waals surface area contributed by atoms with Crippen molar-refractivity contribution in [3.8, 4) is 17.6 Å². The van der Waals surface area contributed by atoms with Gasteiger partial charge in [0.1, 0.15) is 11.6 Å². The molecule has 35 heavy (non-hydrogen) atoms. The van der Waals surface area contributed by atoms with Crippen molar-refractivity contribution in [1.82, 2.24) is 0 Å². The average Bonchev–Trinajstić information content (AvgIpc) is 2.85. The molecule has 0 saturated carbocycles. The number of carbonyl (C=O) groups is 2. The van der Waals surface area contributed by atoms with Gasteiger partial charge in [-0.15, -0.1) is 0 Å². The van der Waals surface area contributed by atoms with Gasteiger partial charge < -0.3 is 20.1 Å². The summed E-state index contributed by atoms with van der Waals surface area (Å²) in [5.41, 5.74) is 3.86. The van der Waals surface area contributed by atoms with Crippen molar-refractivity contribution in [3.63, 3.8) is 0 Å². The Labute approximate surface area is 205 Å². The van der Waals surface area contributed by atoms with E-state index in [0.29, 0.717) is 29.4 Å². The van der Waals surface area contributed by atoms with E-state index in [0.717, 1.165) is 16.8 Å². The van der Waals surface area contributed by atoms with E-state index in [9.17, 15) is 14.9 Å². The summed E-state index contributed by atoms with van der Waals surface area (Å²) in [6, 6.07) is 21.7. The maximum Gasteiger partial charge on any atom is 0.266 e. The van der Waals surface area contributed by atoms with Crippen LogP contribution in [0, 0.1) is 25.2 Å². The standard InChI is InChI=1S/C28H27N3O4/c1-4-34-26-16-21(15-22(17-29)28(33)30-23-8-6-5-7-9-23)12-13-25(26)35-18-27(32)31-24-14-19(2)10-11-20(24)3/h5-16H,4,18H2,1-3H3,(H,30,33)(H,31,32)/b22-15+. The molecule has 0 aliphatic carbocycles. The molecule has 0 aliphatic heterocycles. The minimum Gasteiger partial charge on any atom is -0.490 e. The van der Waals surface area contributed by atoms with Gasteiger partial charge in [0.2, 0.25) is 0 Å². The first kappa shape index (κ1) is 25.1. The number of nitrogens with zero attached hydrogens (tertiary/aromatic N) is 1. The van der Waals surface area contributed by atoms with E-state index in [1.807, 2.05) is 51.1 Å². The van der Waals surface area contributed by atoms with Gasteiger partial charge >= 0.3 is 0 Å². The molecule has 0 radical (unpaired) electrons. The highest BCUT2D eigenvalue weighted by Crippen LogP contribution is 2.29. The lowest BCUT2D eigenvalue weighted by Gasteiger charge is -2.14. The Bertz CT molecular complexity index is 1280. The van der Waals surface area contributed by atoms with Crippen molar-refractivity contribution >= 4 is 29.3 Å². The first-order valence-corrected chi connectivity index (χ1v) is 11.1. The Kier molecular flexibility index (Phi) is 8.63. The number of aryl methyl sites for hydroxylation is 2. The summed E-state index contributed by atoms with van der Waals surface area (Å²) in [7, 11) is 0. The molecular weight excluding hydrogens is 442 g/mol. The Morgan fingerprint density at radius 1 is 0.943 bits per heavy atom. The second-order valence-corrected chi connectivity index (χ2v) is 7.78. The summed E-state index contributed by atoms with van der Waals surface area (Å²) in [5, 5.41) is 15.0. The highest BCUT2D eigenvalue weighted by atomic mass is 16.5. The number of ether oxygens (including phenoxy) is 2.